The predicted octanol–water partition coefficient (Wildman–Crippen LogP) is 2.86. The van der Waals surface area contributed by atoms with Crippen LogP contribution >= 0.6 is 0 Å². The van der Waals surface area contributed by atoms with Crippen LogP contribution in [0.3, 0.4) is 0 Å². The maximum atomic E-state index is 12.4. The minimum Gasteiger partial charge on any atom is -0.275 e. The highest BCUT2D eigenvalue weighted by molar-refractivity contribution is 5.71. The van der Waals surface area contributed by atoms with Gasteiger partial charge in [-0.25, -0.2) is 4.39 Å². The van der Waals surface area contributed by atoms with Crippen molar-refractivity contribution in [2.24, 2.45) is 7.05 Å². The average Bonchev–Trinajstić information content (AvgIpc) is 2.53. The molecule has 0 radical (unpaired) electrons. The van der Waals surface area contributed by atoms with Crippen molar-refractivity contribution in [1.29, 1.82) is 0 Å². The van der Waals surface area contributed by atoms with Gasteiger partial charge in [-0.2, -0.15) is 5.10 Å². The van der Waals surface area contributed by atoms with Gasteiger partial charge in [-0.05, 0) is 24.6 Å². The van der Waals surface area contributed by atoms with Crippen molar-refractivity contribution in [2.45, 2.75) is 6.92 Å². The van der Waals surface area contributed by atoms with E-state index in [2.05, 4.69) is 11.7 Å². The lowest BCUT2D eigenvalue weighted by molar-refractivity contribution is 0.671. The van der Waals surface area contributed by atoms with Gasteiger partial charge in [0, 0.05) is 13.2 Å². The van der Waals surface area contributed by atoms with Gasteiger partial charge in [-0.1, -0.05) is 18.7 Å². The first-order chi connectivity index (χ1) is 6.63. The summed E-state index contributed by atoms with van der Waals surface area (Å²) in [4.78, 5) is 0. The molecule has 1 aromatic heterocycles. The Kier molecular flexibility index (Phi) is 3.40. The van der Waals surface area contributed by atoms with Gasteiger partial charge in [0.1, 0.15) is 5.83 Å². The zero-order chi connectivity index (χ0) is 10.6. The molecule has 0 saturated heterocycles. The van der Waals surface area contributed by atoms with Gasteiger partial charge in [-0.15, -0.1) is 0 Å². The van der Waals surface area contributed by atoms with Crippen LogP contribution in [0.2, 0.25) is 0 Å². The topological polar surface area (TPSA) is 17.8 Å². The van der Waals surface area contributed by atoms with Crippen LogP contribution < -0.4 is 0 Å². The van der Waals surface area contributed by atoms with Gasteiger partial charge in [0.25, 0.3) is 0 Å². The molecule has 0 N–H and O–H groups in total. The lowest BCUT2D eigenvalue weighted by Gasteiger charge is -1.95. The first-order valence-electron chi connectivity index (χ1n) is 4.32. The van der Waals surface area contributed by atoms with Crippen LogP contribution in [-0.2, 0) is 7.05 Å². The summed E-state index contributed by atoms with van der Waals surface area (Å²) in [6, 6.07) is 1.88. The monoisotopic (exact) mass is 192 g/mol. The van der Waals surface area contributed by atoms with E-state index in [0.717, 1.165) is 11.3 Å². The fraction of sp³-hybridized carbons (Fsp3) is 0.182. The fourth-order valence-electron chi connectivity index (χ4n) is 1.08. The Morgan fingerprint density at radius 3 is 2.71 bits per heavy atom. The number of nitrogens with zero attached hydrogens (tertiary/aromatic N) is 2. The van der Waals surface area contributed by atoms with Crippen molar-refractivity contribution in [2.75, 3.05) is 0 Å². The van der Waals surface area contributed by atoms with E-state index in [1.54, 1.807) is 10.8 Å². The van der Waals surface area contributed by atoms with Crippen molar-refractivity contribution in [3.8, 4) is 0 Å². The predicted molar refractivity (Wildman–Crippen MR) is 56.2 cm³/mol. The van der Waals surface area contributed by atoms with Crippen LogP contribution in [-0.4, -0.2) is 9.78 Å². The zero-order valence-electron chi connectivity index (χ0n) is 8.37. The molecule has 0 spiro atoms. The Hall–Kier alpha value is -1.64. The van der Waals surface area contributed by atoms with E-state index in [0.29, 0.717) is 0 Å². The number of hydrogen-bond acceptors (Lipinski definition) is 1. The summed E-state index contributed by atoms with van der Waals surface area (Å²) in [7, 11) is 1.84. The third-order valence-electron chi connectivity index (χ3n) is 1.76. The Bertz CT molecular complexity index is 386. The van der Waals surface area contributed by atoms with Crippen LogP contribution in [0.15, 0.2) is 42.9 Å². The standard InChI is InChI=1S/C11H13FN2/c1-4-10(6-5-9(2)12)11-7-8-14(3)13-11/h4-8H,2H2,1,3H3/b6-5-,10-4?. The molecule has 0 amide bonds. The highest BCUT2D eigenvalue weighted by Gasteiger charge is 1.99. The molecular weight excluding hydrogens is 179 g/mol. The maximum absolute atomic E-state index is 12.4. The summed E-state index contributed by atoms with van der Waals surface area (Å²) in [6.45, 7) is 5.04. The van der Waals surface area contributed by atoms with Crippen LogP contribution in [0.5, 0.6) is 0 Å². The van der Waals surface area contributed by atoms with Crippen molar-refractivity contribution in [3.05, 3.63) is 48.6 Å². The molecule has 1 rings (SSSR count). The fourth-order valence-corrected chi connectivity index (χ4v) is 1.08. The molecule has 0 saturated carbocycles. The van der Waals surface area contributed by atoms with Crippen molar-refractivity contribution >= 4 is 5.57 Å². The summed E-state index contributed by atoms with van der Waals surface area (Å²) < 4.78 is 14.1. The zero-order valence-corrected chi connectivity index (χ0v) is 8.37. The first-order valence-corrected chi connectivity index (χ1v) is 4.32. The van der Waals surface area contributed by atoms with E-state index >= 15 is 0 Å². The van der Waals surface area contributed by atoms with E-state index in [4.69, 9.17) is 0 Å². The molecule has 0 unspecified atom stereocenters. The number of rotatable bonds is 3. The quantitative estimate of drug-likeness (QED) is 0.673. The van der Waals surface area contributed by atoms with Gasteiger partial charge in [0.05, 0.1) is 5.69 Å². The van der Waals surface area contributed by atoms with Gasteiger partial charge in [-0.3, -0.25) is 4.68 Å². The highest BCUT2D eigenvalue weighted by Crippen LogP contribution is 2.13. The number of allylic oxidation sites excluding steroid dienone is 5. The van der Waals surface area contributed by atoms with Gasteiger partial charge < -0.3 is 0 Å². The summed E-state index contributed by atoms with van der Waals surface area (Å²) in [5.74, 6) is -0.458. The lowest BCUT2D eigenvalue weighted by Crippen LogP contribution is -1.89. The second kappa shape index (κ2) is 4.56. The maximum Gasteiger partial charge on any atom is 0.116 e. The molecule has 0 aliphatic carbocycles. The molecule has 0 aliphatic heterocycles. The van der Waals surface area contributed by atoms with Gasteiger partial charge in [0.15, 0.2) is 0 Å². The average molecular weight is 192 g/mol. The van der Waals surface area contributed by atoms with E-state index in [-0.39, 0.29) is 0 Å². The molecule has 3 heteroatoms. The van der Waals surface area contributed by atoms with E-state index in [1.165, 1.54) is 6.08 Å². The third kappa shape index (κ3) is 2.69. The molecule has 1 heterocycles. The molecule has 74 valence electrons. The minimum absolute atomic E-state index is 0.458. The molecule has 0 aliphatic rings. The number of hydrogen-bond donors (Lipinski definition) is 0. The summed E-state index contributed by atoms with van der Waals surface area (Å²) in [5, 5.41) is 4.20. The molecular formula is C11H13FN2. The lowest BCUT2D eigenvalue weighted by atomic mass is 10.1. The third-order valence-corrected chi connectivity index (χ3v) is 1.76. The van der Waals surface area contributed by atoms with Crippen LogP contribution in [0.4, 0.5) is 4.39 Å². The second-order valence-corrected chi connectivity index (χ2v) is 2.90. The Balaban J connectivity index is 2.89. The molecule has 14 heavy (non-hydrogen) atoms. The van der Waals surface area contributed by atoms with Crippen molar-refractivity contribution in [1.82, 2.24) is 9.78 Å². The SMILES string of the molecule is C=C(F)/C=C\C(=CC)c1ccn(C)n1. The van der Waals surface area contributed by atoms with Crippen LogP contribution in [0.25, 0.3) is 5.57 Å². The number of aromatic nitrogens is 2. The van der Waals surface area contributed by atoms with E-state index in [1.807, 2.05) is 32.3 Å². The summed E-state index contributed by atoms with van der Waals surface area (Å²) >= 11 is 0. The second-order valence-electron chi connectivity index (χ2n) is 2.90. The summed E-state index contributed by atoms with van der Waals surface area (Å²) in [6.07, 6.45) is 6.70. The minimum atomic E-state index is -0.458. The highest BCUT2D eigenvalue weighted by atomic mass is 19.1. The van der Waals surface area contributed by atoms with Gasteiger partial charge >= 0.3 is 0 Å². The van der Waals surface area contributed by atoms with Crippen LogP contribution in [0, 0.1) is 0 Å². The largest absolute Gasteiger partial charge is 0.275 e. The molecule has 0 fully saturated rings. The molecule has 1 aromatic rings. The van der Waals surface area contributed by atoms with Crippen molar-refractivity contribution < 1.29 is 4.39 Å². The van der Waals surface area contributed by atoms with Crippen LogP contribution in [0.1, 0.15) is 12.6 Å². The first kappa shape index (κ1) is 10.4. The van der Waals surface area contributed by atoms with Crippen molar-refractivity contribution in [3.63, 3.8) is 0 Å². The Labute approximate surface area is 83.1 Å². The smallest absolute Gasteiger partial charge is 0.116 e. The molecule has 0 aromatic carbocycles. The number of halogens is 1. The van der Waals surface area contributed by atoms with Gasteiger partial charge in [0.2, 0.25) is 0 Å². The Morgan fingerprint density at radius 2 is 2.29 bits per heavy atom. The number of aryl methyl sites for hydroxylation is 1. The molecule has 2 nitrogen and oxygen atoms in total. The van der Waals surface area contributed by atoms with E-state index in [9.17, 15) is 4.39 Å². The summed E-state index contributed by atoms with van der Waals surface area (Å²) in [5.41, 5.74) is 1.71. The normalized spacial score (nSPS) is 12.4. The molecule has 0 atom stereocenters. The van der Waals surface area contributed by atoms with E-state index < -0.39 is 5.83 Å². The Morgan fingerprint density at radius 1 is 1.57 bits per heavy atom. The molecule has 0 bridgehead atoms.